The lowest BCUT2D eigenvalue weighted by atomic mass is 9.97. The van der Waals surface area contributed by atoms with Crippen molar-refractivity contribution >= 4 is 5.78 Å². The van der Waals surface area contributed by atoms with E-state index in [0.717, 1.165) is 28.7 Å². The molecule has 0 aliphatic carbocycles. The summed E-state index contributed by atoms with van der Waals surface area (Å²) in [6, 6.07) is 9.84. The molecule has 0 spiro atoms. The number of aryl methyl sites for hydroxylation is 2. The molecule has 2 heteroatoms. The topological polar surface area (TPSA) is 30.0 Å². The van der Waals surface area contributed by atoms with Crippen LogP contribution in [0.4, 0.5) is 0 Å². The number of carbonyl (C=O) groups is 1. The average molecular weight is 239 g/mol. The van der Waals surface area contributed by atoms with Gasteiger partial charge in [0.2, 0.25) is 0 Å². The summed E-state index contributed by atoms with van der Waals surface area (Å²) in [7, 11) is 0. The Labute approximate surface area is 108 Å². The van der Waals surface area contributed by atoms with Crippen molar-refractivity contribution in [1.82, 2.24) is 4.98 Å². The van der Waals surface area contributed by atoms with Crippen molar-refractivity contribution in [3.8, 4) is 0 Å². The quantitative estimate of drug-likeness (QED) is 0.766. The first kappa shape index (κ1) is 12.5. The zero-order chi connectivity index (χ0) is 13.0. The van der Waals surface area contributed by atoms with Gasteiger partial charge >= 0.3 is 0 Å². The largest absolute Gasteiger partial charge is 0.294 e. The average Bonchev–Trinajstić information content (AvgIpc) is 2.41. The van der Waals surface area contributed by atoms with Crippen LogP contribution in [0.1, 0.15) is 34.0 Å². The second-order valence-electron chi connectivity index (χ2n) is 4.41. The second-order valence-corrected chi connectivity index (χ2v) is 4.41. The van der Waals surface area contributed by atoms with Crippen LogP contribution in [0.5, 0.6) is 0 Å². The first-order valence-corrected chi connectivity index (χ1v) is 6.23. The molecular formula is C16H17NO. The van der Waals surface area contributed by atoms with Gasteiger partial charge in [0.25, 0.3) is 0 Å². The van der Waals surface area contributed by atoms with E-state index in [1.807, 2.05) is 44.2 Å². The number of Topliss-reactive ketones (excluding diaryl/α,β-unsaturated/α-hetero) is 1. The summed E-state index contributed by atoms with van der Waals surface area (Å²) >= 11 is 0. The van der Waals surface area contributed by atoms with E-state index in [0.29, 0.717) is 6.42 Å². The lowest BCUT2D eigenvalue weighted by Crippen LogP contribution is -2.08. The molecule has 0 amide bonds. The fourth-order valence-corrected chi connectivity index (χ4v) is 2.06. The fourth-order valence-electron chi connectivity index (χ4n) is 2.06. The van der Waals surface area contributed by atoms with Crippen LogP contribution in [0.25, 0.3) is 0 Å². The number of aromatic nitrogens is 1. The van der Waals surface area contributed by atoms with Gasteiger partial charge in [-0.15, -0.1) is 0 Å². The highest BCUT2D eigenvalue weighted by molar-refractivity contribution is 5.98. The second kappa shape index (κ2) is 5.58. The molecule has 0 radical (unpaired) electrons. The lowest BCUT2D eigenvalue weighted by molar-refractivity contribution is 0.0992. The third-order valence-electron chi connectivity index (χ3n) is 3.20. The van der Waals surface area contributed by atoms with Gasteiger partial charge in [0.15, 0.2) is 5.78 Å². The maximum Gasteiger partial charge on any atom is 0.167 e. The molecule has 0 N–H and O–H groups in total. The molecule has 1 aromatic carbocycles. The molecule has 1 aromatic heterocycles. The monoisotopic (exact) mass is 239 g/mol. The zero-order valence-electron chi connectivity index (χ0n) is 10.8. The van der Waals surface area contributed by atoms with Crippen LogP contribution in [0.15, 0.2) is 42.7 Å². The smallest absolute Gasteiger partial charge is 0.167 e. The molecule has 18 heavy (non-hydrogen) atoms. The van der Waals surface area contributed by atoms with Gasteiger partial charge in [0.1, 0.15) is 0 Å². The van der Waals surface area contributed by atoms with Crippen LogP contribution in [0.3, 0.4) is 0 Å². The van der Waals surface area contributed by atoms with E-state index in [1.165, 1.54) is 0 Å². The molecule has 0 fully saturated rings. The van der Waals surface area contributed by atoms with Crippen molar-refractivity contribution in [3.63, 3.8) is 0 Å². The van der Waals surface area contributed by atoms with Crippen molar-refractivity contribution in [2.75, 3.05) is 0 Å². The Morgan fingerprint density at radius 2 is 1.94 bits per heavy atom. The molecule has 1 heterocycles. The summed E-state index contributed by atoms with van der Waals surface area (Å²) in [5.74, 6) is 0.170. The fraction of sp³-hybridized carbons (Fsp3) is 0.250. The minimum Gasteiger partial charge on any atom is -0.294 e. The van der Waals surface area contributed by atoms with E-state index in [1.54, 1.807) is 12.4 Å². The van der Waals surface area contributed by atoms with Gasteiger partial charge in [-0.3, -0.25) is 9.78 Å². The Bertz CT molecular complexity index is 561. The van der Waals surface area contributed by atoms with Crippen LogP contribution >= 0.6 is 0 Å². The summed E-state index contributed by atoms with van der Waals surface area (Å²) in [5, 5.41) is 0. The number of hydrogen-bond acceptors (Lipinski definition) is 2. The highest BCUT2D eigenvalue weighted by Crippen LogP contribution is 2.14. The number of benzene rings is 1. The molecule has 2 aromatic rings. The van der Waals surface area contributed by atoms with E-state index in [-0.39, 0.29) is 5.78 Å². The first-order chi connectivity index (χ1) is 8.72. The SMILES string of the molecule is CCc1cnccc1C(=O)Cc1ccccc1C. The molecule has 0 unspecified atom stereocenters. The summed E-state index contributed by atoms with van der Waals surface area (Å²) in [6.07, 6.45) is 4.77. The maximum absolute atomic E-state index is 12.3. The third-order valence-corrected chi connectivity index (χ3v) is 3.20. The van der Waals surface area contributed by atoms with Crippen LogP contribution in [0.2, 0.25) is 0 Å². The van der Waals surface area contributed by atoms with E-state index in [4.69, 9.17) is 0 Å². The Kier molecular flexibility index (Phi) is 3.88. The minimum atomic E-state index is 0.170. The molecule has 92 valence electrons. The van der Waals surface area contributed by atoms with Crippen LogP contribution < -0.4 is 0 Å². The van der Waals surface area contributed by atoms with Crippen LogP contribution in [-0.2, 0) is 12.8 Å². The highest BCUT2D eigenvalue weighted by Gasteiger charge is 2.11. The predicted octanol–water partition coefficient (Wildman–Crippen LogP) is 3.38. The Morgan fingerprint density at radius 3 is 2.67 bits per heavy atom. The van der Waals surface area contributed by atoms with E-state index < -0.39 is 0 Å². The molecule has 0 saturated heterocycles. The third kappa shape index (κ3) is 2.65. The van der Waals surface area contributed by atoms with E-state index in [9.17, 15) is 4.79 Å². The molecular weight excluding hydrogens is 222 g/mol. The summed E-state index contributed by atoms with van der Waals surface area (Å²) in [6.45, 7) is 4.08. The number of pyridine rings is 1. The first-order valence-electron chi connectivity index (χ1n) is 6.23. The predicted molar refractivity (Wildman–Crippen MR) is 72.8 cm³/mol. The molecule has 0 atom stereocenters. The van der Waals surface area contributed by atoms with Gasteiger partial charge in [0, 0.05) is 24.4 Å². The standard InChI is InChI=1S/C16H17NO/c1-3-13-11-17-9-8-15(13)16(18)10-14-7-5-4-6-12(14)2/h4-9,11H,3,10H2,1-2H3. The Morgan fingerprint density at radius 1 is 1.17 bits per heavy atom. The molecule has 0 aliphatic heterocycles. The number of rotatable bonds is 4. The van der Waals surface area contributed by atoms with Crippen molar-refractivity contribution < 1.29 is 4.79 Å². The van der Waals surface area contributed by atoms with Gasteiger partial charge in [-0.05, 0) is 36.1 Å². The number of nitrogens with zero attached hydrogens (tertiary/aromatic N) is 1. The number of ketones is 1. The van der Waals surface area contributed by atoms with Crippen molar-refractivity contribution in [3.05, 3.63) is 65.0 Å². The van der Waals surface area contributed by atoms with Crippen molar-refractivity contribution in [2.45, 2.75) is 26.7 Å². The van der Waals surface area contributed by atoms with Gasteiger partial charge < -0.3 is 0 Å². The number of hydrogen-bond donors (Lipinski definition) is 0. The molecule has 0 aliphatic rings. The maximum atomic E-state index is 12.3. The Hall–Kier alpha value is -1.96. The van der Waals surface area contributed by atoms with E-state index >= 15 is 0 Å². The number of carbonyl (C=O) groups excluding carboxylic acids is 1. The summed E-state index contributed by atoms with van der Waals surface area (Å²) in [5.41, 5.74) is 4.09. The minimum absolute atomic E-state index is 0.170. The van der Waals surface area contributed by atoms with E-state index in [2.05, 4.69) is 4.98 Å². The highest BCUT2D eigenvalue weighted by atomic mass is 16.1. The van der Waals surface area contributed by atoms with Gasteiger partial charge in [0.05, 0.1) is 0 Å². The molecule has 0 bridgehead atoms. The zero-order valence-corrected chi connectivity index (χ0v) is 10.8. The molecule has 2 nitrogen and oxygen atoms in total. The van der Waals surface area contributed by atoms with Crippen molar-refractivity contribution in [2.24, 2.45) is 0 Å². The molecule has 2 rings (SSSR count). The molecule has 0 saturated carbocycles. The van der Waals surface area contributed by atoms with Crippen molar-refractivity contribution in [1.29, 1.82) is 0 Å². The Balaban J connectivity index is 2.25. The van der Waals surface area contributed by atoms with Gasteiger partial charge in [-0.25, -0.2) is 0 Å². The lowest BCUT2D eigenvalue weighted by Gasteiger charge is -2.08. The van der Waals surface area contributed by atoms with Gasteiger partial charge in [-0.2, -0.15) is 0 Å². The summed E-state index contributed by atoms with van der Waals surface area (Å²) in [4.78, 5) is 16.4. The van der Waals surface area contributed by atoms with Crippen LogP contribution in [0, 0.1) is 6.92 Å². The van der Waals surface area contributed by atoms with Gasteiger partial charge in [-0.1, -0.05) is 31.2 Å². The van der Waals surface area contributed by atoms with Crippen LogP contribution in [-0.4, -0.2) is 10.8 Å². The normalized spacial score (nSPS) is 10.3. The summed E-state index contributed by atoms with van der Waals surface area (Å²) < 4.78 is 0.